The molecule has 0 aromatic heterocycles. The summed E-state index contributed by atoms with van der Waals surface area (Å²) in [6, 6.07) is 6.43. The molecule has 1 heteroatoms. The van der Waals surface area contributed by atoms with Crippen LogP contribution in [0, 0.1) is 25.7 Å². The van der Waals surface area contributed by atoms with Crippen LogP contribution in [0.25, 0.3) is 0 Å². The molecule has 0 radical (unpaired) electrons. The van der Waals surface area contributed by atoms with Gasteiger partial charge in [0, 0.05) is 12.3 Å². The molecule has 2 rings (SSSR count). The number of Topliss-reactive ketones (excluding diaryl/α,β-unsaturated/α-hetero) is 1. The first-order valence-corrected chi connectivity index (χ1v) is 8.19. The minimum Gasteiger partial charge on any atom is -0.299 e. The zero-order valence-corrected chi connectivity index (χ0v) is 13.2. The van der Waals surface area contributed by atoms with E-state index in [1.165, 1.54) is 42.4 Å². The van der Waals surface area contributed by atoms with E-state index in [9.17, 15) is 4.79 Å². The Labute approximate surface area is 123 Å². The number of carbonyl (C=O) groups is 1. The minimum absolute atomic E-state index is 0.324. The quantitative estimate of drug-likeness (QED) is 0.735. The van der Waals surface area contributed by atoms with Crippen LogP contribution in [-0.4, -0.2) is 5.78 Å². The van der Waals surface area contributed by atoms with Gasteiger partial charge >= 0.3 is 0 Å². The molecule has 0 spiro atoms. The molecule has 0 amide bonds. The second-order valence-electron chi connectivity index (χ2n) is 6.57. The van der Waals surface area contributed by atoms with E-state index >= 15 is 0 Å². The summed E-state index contributed by atoms with van der Waals surface area (Å²) in [6.07, 6.45) is 8.02. The van der Waals surface area contributed by atoms with E-state index in [4.69, 9.17) is 0 Å². The van der Waals surface area contributed by atoms with Crippen LogP contribution >= 0.6 is 0 Å². The Morgan fingerprint density at radius 3 is 2.40 bits per heavy atom. The molecular formula is C19H28O. The fourth-order valence-corrected chi connectivity index (χ4v) is 3.44. The second-order valence-corrected chi connectivity index (χ2v) is 6.57. The van der Waals surface area contributed by atoms with Gasteiger partial charge in [-0.1, -0.05) is 38.0 Å². The topological polar surface area (TPSA) is 17.1 Å². The predicted octanol–water partition coefficient (Wildman–Crippen LogP) is 5.02. The number of aryl methyl sites for hydroxylation is 2. The van der Waals surface area contributed by atoms with Crippen molar-refractivity contribution in [1.82, 2.24) is 0 Å². The van der Waals surface area contributed by atoms with Crippen LogP contribution in [0.1, 0.15) is 62.1 Å². The van der Waals surface area contributed by atoms with Gasteiger partial charge in [0.2, 0.25) is 0 Å². The van der Waals surface area contributed by atoms with Crippen molar-refractivity contribution in [1.29, 1.82) is 0 Å². The summed E-state index contributed by atoms with van der Waals surface area (Å²) in [5.74, 6) is 1.67. The first kappa shape index (κ1) is 15.3. The molecule has 0 aliphatic heterocycles. The van der Waals surface area contributed by atoms with E-state index in [0.717, 1.165) is 18.8 Å². The largest absolute Gasteiger partial charge is 0.299 e. The predicted molar refractivity (Wildman–Crippen MR) is 85.0 cm³/mol. The fraction of sp³-hybridized carbons (Fsp3) is 0.632. The molecule has 0 bridgehead atoms. The van der Waals surface area contributed by atoms with Crippen molar-refractivity contribution in [2.75, 3.05) is 0 Å². The van der Waals surface area contributed by atoms with Crippen molar-refractivity contribution in [3.63, 3.8) is 0 Å². The van der Waals surface area contributed by atoms with E-state index in [1.54, 1.807) is 0 Å². The highest BCUT2D eigenvalue weighted by atomic mass is 16.1. The van der Waals surface area contributed by atoms with E-state index in [2.05, 4.69) is 39.0 Å². The van der Waals surface area contributed by atoms with Crippen LogP contribution in [0.5, 0.6) is 0 Å². The standard InChI is InChI=1S/C19H28O/c1-4-5-16-8-10-18(11-9-16)19(20)13-17-7-6-14(2)15(3)12-17/h6-7,12,16,18H,4-5,8-11,13H2,1-3H3. The monoisotopic (exact) mass is 272 g/mol. The maximum absolute atomic E-state index is 12.4. The zero-order valence-electron chi connectivity index (χ0n) is 13.2. The lowest BCUT2D eigenvalue weighted by atomic mass is 9.77. The number of carbonyl (C=O) groups excluding carboxylic acids is 1. The van der Waals surface area contributed by atoms with Gasteiger partial charge in [-0.25, -0.2) is 0 Å². The average molecular weight is 272 g/mol. The van der Waals surface area contributed by atoms with E-state index in [-0.39, 0.29) is 0 Å². The summed E-state index contributed by atoms with van der Waals surface area (Å²) in [5.41, 5.74) is 3.79. The Morgan fingerprint density at radius 1 is 1.10 bits per heavy atom. The Bertz CT molecular complexity index is 453. The van der Waals surface area contributed by atoms with Crippen molar-refractivity contribution in [3.8, 4) is 0 Å². The first-order valence-electron chi connectivity index (χ1n) is 8.19. The third-order valence-corrected chi connectivity index (χ3v) is 4.95. The summed E-state index contributed by atoms with van der Waals surface area (Å²) in [4.78, 5) is 12.4. The van der Waals surface area contributed by atoms with E-state index < -0.39 is 0 Å². The van der Waals surface area contributed by atoms with Crippen LogP contribution in [-0.2, 0) is 11.2 Å². The highest BCUT2D eigenvalue weighted by Crippen LogP contribution is 2.32. The lowest BCUT2D eigenvalue weighted by Crippen LogP contribution is -2.23. The number of hydrogen-bond donors (Lipinski definition) is 0. The highest BCUT2D eigenvalue weighted by Gasteiger charge is 2.25. The van der Waals surface area contributed by atoms with Crippen molar-refractivity contribution < 1.29 is 4.79 Å². The normalized spacial score (nSPS) is 22.8. The van der Waals surface area contributed by atoms with E-state index in [1.807, 2.05) is 0 Å². The zero-order chi connectivity index (χ0) is 14.5. The third kappa shape index (κ3) is 3.94. The summed E-state index contributed by atoms with van der Waals surface area (Å²) >= 11 is 0. The van der Waals surface area contributed by atoms with Gasteiger partial charge in [0.15, 0.2) is 0 Å². The maximum Gasteiger partial charge on any atom is 0.140 e. The summed E-state index contributed by atoms with van der Waals surface area (Å²) in [5, 5.41) is 0. The lowest BCUT2D eigenvalue weighted by Gasteiger charge is -2.27. The smallest absolute Gasteiger partial charge is 0.140 e. The highest BCUT2D eigenvalue weighted by molar-refractivity contribution is 5.83. The number of benzene rings is 1. The summed E-state index contributed by atoms with van der Waals surface area (Å²) in [6.45, 7) is 6.51. The Morgan fingerprint density at radius 2 is 1.80 bits per heavy atom. The van der Waals surface area contributed by atoms with Crippen molar-refractivity contribution in [2.45, 2.75) is 65.7 Å². The lowest BCUT2D eigenvalue weighted by molar-refractivity contribution is -0.123. The molecule has 0 N–H and O–H groups in total. The van der Waals surface area contributed by atoms with Gasteiger partial charge < -0.3 is 0 Å². The van der Waals surface area contributed by atoms with Crippen LogP contribution < -0.4 is 0 Å². The molecule has 0 saturated heterocycles. The van der Waals surface area contributed by atoms with Gasteiger partial charge in [-0.05, 0) is 62.1 Å². The molecule has 1 saturated carbocycles. The van der Waals surface area contributed by atoms with E-state index in [0.29, 0.717) is 18.1 Å². The third-order valence-electron chi connectivity index (χ3n) is 4.95. The van der Waals surface area contributed by atoms with Gasteiger partial charge in [-0.3, -0.25) is 4.79 Å². The van der Waals surface area contributed by atoms with Crippen molar-refractivity contribution in [2.24, 2.45) is 11.8 Å². The van der Waals surface area contributed by atoms with Gasteiger partial charge in [0.05, 0.1) is 0 Å². The minimum atomic E-state index is 0.324. The first-order chi connectivity index (χ1) is 9.60. The molecule has 1 aliphatic rings. The number of ketones is 1. The van der Waals surface area contributed by atoms with Crippen LogP contribution in [0.3, 0.4) is 0 Å². The molecule has 0 atom stereocenters. The van der Waals surface area contributed by atoms with Crippen molar-refractivity contribution in [3.05, 3.63) is 34.9 Å². The molecule has 1 aromatic rings. The Hall–Kier alpha value is -1.11. The summed E-state index contributed by atoms with van der Waals surface area (Å²) < 4.78 is 0. The van der Waals surface area contributed by atoms with Crippen molar-refractivity contribution >= 4 is 5.78 Å². The SMILES string of the molecule is CCCC1CCC(C(=O)Cc2ccc(C)c(C)c2)CC1. The molecule has 1 nitrogen and oxygen atoms in total. The Kier molecular flexibility index (Phi) is 5.39. The number of rotatable bonds is 5. The molecule has 1 aromatic carbocycles. The van der Waals surface area contributed by atoms with Crippen LogP contribution in [0.4, 0.5) is 0 Å². The molecule has 1 aliphatic carbocycles. The maximum atomic E-state index is 12.4. The van der Waals surface area contributed by atoms with Gasteiger partial charge in [0.1, 0.15) is 5.78 Å². The van der Waals surface area contributed by atoms with Crippen LogP contribution in [0.2, 0.25) is 0 Å². The van der Waals surface area contributed by atoms with Crippen LogP contribution in [0.15, 0.2) is 18.2 Å². The van der Waals surface area contributed by atoms with Gasteiger partial charge in [-0.2, -0.15) is 0 Å². The fourth-order valence-electron chi connectivity index (χ4n) is 3.44. The average Bonchev–Trinajstić information content (AvgIpc) is 2.44. The molecule has 0 heterocycles. The summed E-state index contributed by atoms with van der Waals surface area (Å²) in [7, 11) is 0. The molecule has 1 fully saturated rings. The Balaban J connectivity index is 1.88. The molecule has 110 valence electrons. The van der Waals surface area contributed by atoms with Gasteiger partial charge in [-0.15, -0.1) is 0 Å². The van der Waals surface area contributed by atoms with Gasteiger partial charge in [0.25, 0.3) is 0 Å². The molecule has 20 heavy (non-hydrogen) atoms. The second kappa shape index (κ2) is 7.06. The molecule has 0 unspecified atom stereocenters. The number of hydrogen-bond acceptors (Lipinski definition) is 1. The molecular weight excluding hydrogens is 244 g/mol.